The second-order valence-electron chi connectivity index (χ2n) is 5.68. The van der Waals surface area contributed by atoms with Gasteiger partial charge in [0, 0.05) is 16.6 Å². The molecule has 0 fully saturated rings. The van der Waals surface area contributed by atoms with Crippen molar-refractivity contribution >= 4 is 21.8 Å². The van der Waals surface area contributed by atoms with Gasteiger partial charge in [-0.3, -0.25) is 9.89 Å². The highest BCUT2D eigenvalue weighted by Crippen LogP contribution is 2.21. The first-order chi connectivity index (χ1) is 12.6. The summed E-state index contributed by atoms with van der Waals surface area (Å²) >= 11 is 3.38. The molecule has 3 N–H and O–H groups in total. The Morgan fingerprint density at radius 3 is 2.77 bits per heavy atom. The van der Waals surface area contributed by atoms with Gasteiger partial charge in [-0.05, 0) is 35.9 Å². The lowest BCUT2D eigenvalue weighted by Crippen LogP contribution is -2.28. The molecule has 1 unspecified atom stereocenters. The molecule has 134 valence electrons. The minimum Gasteiger partial charge on any atom is -0.497 e. The number of aliphatic hydroxyl groups is 1. The standard InChI is InChI=1S/C19H18BrN3O3/c1-26-15-4-2-3-13(9-15)18(24)11-21-19(25)17-10-16(22-23-17)12-5-7-14(20)8-6-12/h2-10,18,24H,11H2,1H3,(H,21,25)(H,22,23). The van der Waals surface area contributed by atoms with E-state index in [2.05, 4.69) is 31.4 Å². The van der Waals surface area contributed by atoms with Crippen LogP contribution in [0.5, 0.6) is 5.75 Å². The third kappa shape index (κ3) is 4.30. The van der Waals surface area contributed by atoms with Crippen LogP contribution in [0, 0.1) is 0 Å². The van der Waals surface area contributed by atoms with Crippen LogP contribution in [0.15, 0.2) is 59.1 Å². The number of hydrogen-bond acceptors (Lipinski definition) is 4. The quantitative estimate of drug-likeness (QED) is 0.576. The van der Waals surface area contributed by atoms with Crippen LogP contribution >= 0.6 is 15.9 Å². The molecule has 6 nitrogen and oxygen atoms in total. The Labute approximate surface area is 159 Å². The lowest BCUT2D eigenvalue weighted by atomic mass is 10.1. The number of nitrogens with zero attached hydrogens (tertiary/aromatic N) is 1. The van der Waals surface area contributed by atoms with Crippen molar-refractivity contribution in [1.82, 2.24) is 15.5 Å². The Kier molecular flexibility index (Phi) is 5.70. The fourth-order valence-electron chi connectivity index (χ4n) is 2.46. The predicted octanol–water partition coefficient (Wildman–Crippen LogP) is 3.31. The largest absolute Gasteiger partial charge is 0.497 e. The number of aliphatic hydroxyl groups excluding tert-OH is 1. The van der Waals surface area contributed by atoms with E-state index in [4.69, 9.17) is 4.74 Å². The van der Waals surface area contributed by atoms with Gasteiger partial charge in [0.2, 0.25) is 0 Å². The molecule has 2 aromatic carbocycles. The number of aromatic amines is 1. The van der Waals surface area contributed by atoms with Gasteiger partial charge in [0.15, 0.2) is 0 Å². The van der Waals surface area contributed by atoms with E-state index in [1.54, 1.807) is 37.4 Å². The lowest BCUT2D eigenvalue weighted by molar-refractivity contribution is 0.0911. The van der Waals surface area contributed by atoms with Crippen LogP contribution in [0.1, 0.15) is 22.2 Å². The zero-order valence-corrected chi connectivity index (χ0v) is 15.7. The van der Waals surface area contributed by atoms with Gasteiger partial charge >= 0.3 is 0 Å². The number of hydrogen-bond donors (Lipinski definition) is 3. The summed E-state index contributed by atoms with van der Waals surface area (Å²) in [4.78, 5) is 12.3. The predicted molar refractivity (Wildman–Crippen MR) is 102 cm³/mol. The number of amides is 1. The van der Waals surface area contributed by atoms with Crippen molar-refractivity contribution in [2.45, 2.75) is 6.10 Å². The Balaban J connectivity index is 1.62. The molecular weight excluding hydrogens is 398 g/mol. The van der Waals surface area contributed by atoms with E-state index in [-0.39, 0.29) is 12.5 Å². The highest BCUT2D eigenvalue weighted by Gasteiger charge is 2.14. The minimum absolute atomic E-state index is 0.0820. The summed E-state index contributed by atoms with van der Waals surface area (Å²) in [7, 11) is 1.56. The molecule has 0 bridgehead atoms. The summed E-state index contributed by atoms with van der Waals surface area (Å²) < 4.78 is 6.11. The number of carbonyl (C=O) groups is 1. The monoisotopic (exact) mass is 415 g/mol. The SMILES string of the molecule is COc1cccc(C(O)CNC(=O)c2cc(-c3ccc(Br)cc3)n[nH]2)c1. The Morgan fingerprint density at radius 1 is 1.27 bits per heavy atom. The molecule has 1 heterocycles. The van der Waals surface area contributed by atoms with Crippen LogP contribution in [0.2, 0.25) is 0 Å². The summed E-state index contributed by atoms with van der Waals surface area (Å²) in [5, 5.41) is 19.8. The molecule has 1 atom stereocenters. The van der Waals surface area contributed by atoms with Gasteiger partial charge in [-0.15, -0.1) is 0 Å². The van der Waals surface area contributed by atoms with Gasteiger partial charge in [0.25, 0.3) is 5.91 Å². The van der Waals surface area contributed by atoms with E-state index in [0.717, 1.165) is 10.0 Å². The van der Waals surface area contributed by atoms with Crippen LogP contribution in [-0.4, -0.2) is 34.9 Å². The maximum atomic E-state index is 12.3. The second kappa shape index (κ2) is 8.16. The maximum absolute atomic E-state index is 12.3. The van der Waals surface area contributed by atoms with Crippen molar-refractivity contribution in [3.63, 3.8) is 0 Å². The fraction of sp³-hybridized carbons (Fsp3) is 0.158. The number of rotatable bonds is 6. The number of nitrogens with one attached hydrogen (secondary N) is 2. The Hall–Kier alpha value is -2.64. The molecule has 3 aromatic rings. The summed E-state index contributed by atoms with van der Waals surface area (Å²) in [6.45, 7) is 0.0820. The smallest absolute Gasteiger partial charge is 0.269 e. The average Bonchev–Trinajstić information content (AvgIpc) is 3.16. The molecule has 0 aliphatic carbocycles. The van der Waals surface area contributed by atoms with Crippen LogP contribution in [0.4, 0.5) is 0 Å². The first-order valence-electron chi connectivity index (χ1n) is 7.98. The number of carbonyl (C=O) groups excluding carboxylic acids is 1. The fourth-order valence-corrected chi connectivity index (χ4v) is 2.72. The van der Waals surface area contributed by atoms with Crippen molar-refractivity contribution in [3.05, 3.63) is 70.3 Å². The van der Waals surface area contributed by atoms with Crippen molar-refractivity contribution in [3.8, 4) is 17.0 Å². The zero-order chi connectivity index (χ0) is 18.5. The average molecular weight is 416 g/mol. The van der Waals surface area contributed by atoms with Gasteiger partial charge in [-0.2, -0.15) is 5.10 Å². The van der Waals surface area contributed by atoms with Gasteiger partial charge in [0.05, 0.1) is 18.9 Å². The third-order valence-corrected chi connectivity index (χ3v) is 4.43. The number of halogens is 1. The summed E-state index contributed by atoms with van der Waals surface area (Å²) in [5.41, 5.74) is 2.58. The molecule has 1 amide bonds. The molecule has 1 aromatic heterocycles. The van der Waals surface area contributed by atoms with E-state index < -0.39 is 6.10 Å². The van der Waals surface area contributed by atoms with Crippen molar-refractivity contribution < 1.29 is 14.6 Å². The highest BCUT2D eigenvalue weighted by atomic mass is 79.9. The normalized spacial score (nSPS) is 11.8. The summed E-state index contributed by atoms with van der Waals surface area (Å²) in [6.07, 6.45) is -0.831. The first kappa shape index (κ1) is 18.2. The summed E-state index contributed by atoms with van der Waals surface area (Å²) in [5.74, 6) is 0.323. The molecule has 3 rings (SSSR count). The van der Waals surface area contributed by atoms with Crippen molar-refractivity contribution in [2.24, 2.45) is 0 Å². The topological polar surface area (TPSA) is 87.2 Å². The van der Waals surface area contributed by atoms with Crippen LogP contribution < -0.4 is 10.1 Å². The van der Waals surface area contributed by atoms with E-state index >= 15 is 0 Å². The molecule has 7 heteroatoms. The van der Waals surface area contributed by atoms with E-state index in [1.165, 1.54) is 0 Å². The number of benzene rings is 2. The van der Waals surface area contributed by atoms with Gasteiger partial charge in [-0.25, -0.2) is 0 Å². The Morgan fingerprint density at radius 2 is 2.04 bits per heavy atom. The van der Waals surface area contributed by atoms with Crippen molar-refractivity contribution in [1.29, 1.82) is 0 Å². The zero-order valence-electron chi connectivity index (χ0n) is 14.1. The molecule has 0 radical (unpaired) electrons. The van der Waals surface area contributed by atoms with Crippen LogP contribution in [-0.2, 0) is 0 Å². The van der Waals surface area contributed by atoms with E-state index in [1.807, 2.05) is 24.3 Å². The maximum Gasteiger partial charge on any atom is 0.269 e. The van der Waals surface area contributed by atoms with Crippen LogP contribution in [0.3, 0.4) is 0 Å². The Bertz CT molecular complexity index is 893. The van der Waals surface area contributed by atoms with Crippen LogP contribution in [0.25, 0.3) is 11.3 Å². The third-order valence-electron chi connectivity index (χ3n) is 3.90. The second-order valence-corrected chi connectivity index (χ2v) is 6.59. The van der Waals surface area contributed by atoms with Gasteiger partial charge in [0.1, 0.15) is 11.4 Å². The number of ether oxygens (including phenoxy) is 1. The number of H-pyrrole nitrogens is 1. The number of methoxy groups -OCH3 is 1. The molecule has 26 heavy (non-hydrogen) atoms. The molecule has 0 saturated heterocycles. The highest BCUT2D eigenvalue weighted by molar-refractivity contribution is 9.10. The molecular formula is C19H18BrN3O3. The van der Waals surface area contributed by atoms with Gasteiger partial charge in [-0.1, -0.05) is 40.2 Å². The first-order valence-corrected chi connectivity index (χ1v) is 8.77. The molecule has 0 spiro atoms. The van der Waals surface area contributed by atoms with E-state index in [9.17, 15) is 9.90 Å². The summed E-state index contributed by atoms with van der Waals surface area (Å²) in [6, 6.07) is 16.4. The van der Waals surface area contributed by atoms with E-state index in [0.29, 0.717) is 22.7 Å². The molecule has 0 saturated carbocycles. The molecule has 0 aliphatic rings. The lowest BCUT2D eigenvalue weighted by Gasteiger charge is -2.12. The van der Waals surface area contributed by atoms with Crippen molar-refractivity contribution in [2.75, 3.05) is 13.7 Å². The molecule has 0 aliphatic heterocycles. The number of aromatic nitrogens is 2. The minimum atomic E-state index is -0.831. The van der Waals surface area contributed by atoms with Gasteiger partial charge < -0.3 is 15.2 Å².